The van der Waals surface area contributed by atoms with Crippen LogP contribution in [0, 0.1) is 12.3 Å². The van der Waals surface area contributed by atoms with Gasteiger partial charge in [0.1, 0.15) is 0 Å². The highest BCUT2D eigenvalue weighted by Gasteiger charge is 2.74. The van der Waals surface area contributed by atoms with Crippen LogP contribution in [0.2, 0.25) is 0 Å². The number of sulfonamides is 1. The van der Waals surface area contributed by atoms with Crippen molar-refractivity contribution in [3.05, 3.63) is 95.6 Å². The highest BCUT2D eigenvalue weighted by Crippen LogP contribution is 2.64. The quantitative estimate of drug-likeness (QED) is 0.322. The van der Waals surface area contributed by atoms with Gasteiger partial charge in [-0.2, -0.15) is 4.31 Å². The molecule has 3 aromatic rings. The molecule has 1 spiro atoms. The maximum Gasteiger partial charge on any atom is 0.325 e. The average Bonchev–Trinajstić information content (AvgIpc) is 3.53. The van der Waals surface area contributed by atoms with Crippen molar-refractivity contribution in [3.63, 3.8) is 0 Å². The summed E-state index contributed by atoms with van der Waals surface area (Å²) in [7, 11) is -1.28. The van der Waals surface area contributed by atoms with Crippen LogP contribution >= 0.6 is 0 Å². The number of carbonyl (C=O) groups excluding carboxylic acids is 2. The Balaban J connectivity index is 1.57. The maximum absolute atomic E-state index is 14.1. The molecule has 0 N–H and O–H groups in total. The van der Waals surface area contributed by atoms with Crippen molar-refractivity contribution in [2.75, 3.05) is 25.7 Å². The SMILES string of the molecule is COC(=O)C1(C(=O)OC)CC[C@H]2N(S(=O)(=O)c3ccc(C)cc3)CC[C@@]23c2ccccc2N(Cc2ccccc2)[C@@H]13. The van der Waals surface area contributed by atoms with Crippen molar-refractivity contribution in [2.45, 2.75) is 55.1 Å². The zero-order chi connectivity index (χ0) is 29.0. The van der Waals surface area contributed by atoms with Crippen LogP contribution < -0.4 is 4.90 Å². The van der Waals surface area contributed by atoms with Gasteiger partial charge >= 0.3 is 11.9 Å². The van der Waals surface area contributed by atoms with E-state index in [9.17, 15) is 18.0 Å². The number of hydrogen-bond acceptors (Lipinski definition) is 7. The highest BCUT2D eigenvalue weighted by molar-refractivity contribution is 7.89. The minimum Gasteiger partial charge on any atom is -0.468 e. The monoisotopic (exact) mass is 574 g/mol. The molecule has 3 aromatic carbocycles. The molecule has 41 heavy (non-hydrogen) atoms. The van der Waals surface area contributed by atoms with Crippen LogP contribution in [0.3, 0.4) is 0 Å². The molecule has 0 radical (unpaired) electrons. The van der Waals surface area contributed by atoms with Crippen molar-refractivity contribution in [2.24, 2.45) is 5.41 Å². The Kier molecular flexibility index (Phi) is 6.70. The van der Waals surface area contributed by atoms with Gasteiger partial charge in [0, 0.05) is 30.2 Å². The van der Waals surface area contributed by atoms with E-state index in [2.05, 4.69) is 4.90 Å². The van der Waals surface area contributed by atoms with Crippen LogP contribution in [0.5, 0.6) is 0 Å². The molecule has 214 valence electrons. The average molecular weight is 575 g/mol. The van der Waals surface area contributed by atoms with Gasteiger partial charge in [0.05, 0.1) is 25.2 Å². The fourth-order valence-electron chi connectivity index (χ4n) is 7.76. The van der Waals surface area contributed by atoms with Crippen LogP contribution in [-0.4, -0.2) is 57.5 Å². The number of methoxy groups -OCH3 is 2. The Morgan fingerprint density at radius 1 is 0.878 bits per heavy atom. The molecule has 2 fully saturated rings. The van der Waals surface area contributed by atoms with Gasteiger partial charge in [-0.3, -0.25) is 9.59 Å². The van der Waals surface area contributed by atoms with Crippen LogP contribution in [0.1, 0.15) is 36.0 Å². The maximum atomic E-state index is 14.1. The molecular weight excluding hydrogens is 540 g/mol. The lowest BCUT2D eigenvalue weighted by Gasteiger charge is -2.53. The Labute approximate surface area is 240 Å². The molecule has 2 heterocycles. The lowest BCUT2D eigenvalue weighted by atomic mass is 9.55. The lowest BCUT2D eigenvalue weighted by molar-refractivity contribution is -0.176. The third-order valence-corrected chi connectivity index (χ3v) is 11.3. The molecule has 0 aromatic heterocycles. The van der Waals surface area contributed by atoms with Gasteiger partial charge < -0.3 is 14.4 Å². The van der Waals surface area contributed by atoms with Crippen LogP contribution in [0.25, 0.3) is 0 Å². The molecule has 1 aliphatic carbocycles. The van der Waals surface area contributed by atoms with Crippen molar-refractivity contribution in [1.82, 2.24) is 4.31 Å². The number of nitrogens with zero attached hydrogens (tertiary/aromatic N) is 2. The summed E-state index contributed by atoms with van der Waals surface area (Å²) in [6, 6.07) is 23.5. The number of ether oxygens (including phenoxy) is 2. The first-order valence-electron chi connectivity index (χ1n) is 13.9. The highest BCUT2D eigenvalue weighted by atomic mass is 32.2. The van der Waals surface area contributed by atoms with Crippen LogP contribution in [0.15, 0.2) is 83.8 Å². The Hall–Kier alpha value is -3.69. The molecule has 0 bridgehead atoms. The first-order chi connectivity index (χ1) is 19.7. The summed E-state index contributed by atoms with van der Waals surface area (Å²) in [5, 5.41) is 0. The fraction of sp³-hybridized carbons (Fsp3) is 0.375. The molecule has 3 aliphatic rings. The normalized spacial score (nSPS) is 24.7. The van der Waals surface area contributed by atoms with Crippen LogP contribution in [0.4, 0.5) is 5.69 Å². The number of rotatable bonds is 6. The van der Waals surface area contributed by atoms with E-state index < -0.39 is 44.9 Å². The minimum atomic E-state index is -3.86. The van der Waals surface area contributed by atoms with Crippen molar-refractivity contribution in [1.29, 1.82) is 0 Å². The topological polar surface area (TPSA) is 93.2 Å². The molecule has 0 amide bonds. The standard InChI is InChI=1S/C32H34N2O6S/c1-22-13-15-24(16-14-22)41(37,38)34-20-19-31-25-11-7-8-12-26(25)33(21-23-9-5-4-6-10-23)28(31)32(29(35)39-2,30(36)40-3)18-17-27(31)34/h4-16,27-28H,17-21H2,1-3H3/t27-,28-,31-/m1/s1. The molecule has 6 rings (SSSR count). The summed E-state index contributed by atoms with van der Waals surface area (Å²) >= 11 is 0. The first kappa shape index (κ1) is 27.5. The Morgan fingerprint density at radius 2 is 1.51 bits per heavy atom. The third-order valence-electron chi connectivity index (χ3n) is 9.40. The second kappa shape index (κ2) is 9.99. The summed E-state index contributed by atoms with van der Waals surface area (Å²) in [6.45, 7) is 2.61. The molecule has 9 heteroatoms. The first-order valence-corrected chi connectivity index (χ1v) is 15.3. The molecule has 1 saturated carbocycles. The van der Waals surface area contributed by atoms with Gasteiger partial charge in [-0.1, -0.05) is 66.2 Å². The number of carbonyl (C=O) groups is 2. The number of esters is 2. The number of fused-ring (bicyclic) bond motifs is 1. The van der Waals surface area contributed by atoms with Gasteiger partial charge in [0.2, 0.25) is 10.0 Å². The van der Waals surface area contributed by atoms with E-state index in [1.807, 2.05) is 61.5 Å². The van der Waals surface area contributed by atoms with E-state index in [0.29, 0.717) is 19.4 Å². The number of anilines is 1. The number of para-hydroxylation sites is 1. The van der Waals surface area contributed by atoms with Gasteiger partial charge in [-0.05, 0) is 55.5 Å². The van der Waals surface area contributed by atoms with E-state index in [0.717, 1.165) is 22.4 Å². The van der Waals surface area contributed by atoms with Gasteiger partial charge in [0.15, 0.2) is 5.41 Å². The fourth-order valence-corrected chi connectivity index (χ4v) is 9.47. The second-order valence-corrected chi connectivity index (χ2v) is 13.2. The lowest BCUT2D eigenvalue weighted by Crippen LogP contribution is -2.68. The molecular formula is C32H34N2O6S. The summed E-state index contributed by atoms with van der Waals surface area (Å²) in [5.74, 6) is -1.31. The van der Waals surface area contributed by atoms with E-state index in [1.165, 1.54) is 14.2 Å². The van der Waals surface area contributed by atoms with Gasteiger partial charge in [-0.15, -0.1) is 0 Å². The molecule has 2 aliphatic heterocycles. The van der Waals surface area contributed by atoms with Crippen molar-refractivity contribution >= 4 is 27.6 Å². The number of benzene rings is 3. The second-order valence-electron chi connectivity index (χ2n) is 11.3. The smallest absolute Gasteiger partial charge is 0.325 e. The van der Waals surface area contributed by atoms with Gasteiger partial charge in [-0.25, -0.2) is 8.42 Å². The molecule has 8 nitrogen and oxygen atoms in total. The summed E-state index contributed by atoms with van der Waals surface area (Å²) < 4.78 is 40.6. The predicted octanol–water partition coefficient (Wildman–Crippen LogP) is 4.21. The largest absolute Gasteiger partial charge is 0.468 e. The van der Waals surface area contributed by atoms with Crippen molar-refractivity contribution in [3.8, 4) is 0 Å². The minimum absolute atomic E-state index is 0.0998. The zero-order valence-electron chi connectivity index (χ0n) is 23.4. The predicted molar refractivity (Wildman–Crippen MR) is 154 cm³/mol. The summed E-state index contributed by atoms with van der Waals surface area (Å²) in [6.07, 6.45) is 0.855. The molecule has 1 saturated heterocycles. The van der Waals surface area contributed by atoms with E-state index in [1.54, 1.807) is 28.6 Å². The van der Waals surface area contributed by atoms with E-state index in [-0.39, 0.29) is 17.9 Å². The Morgan fingerprint density at radius 3 is 2.17 bits per heavy atom. The Bertz CT molecular complexity index is 1570. The van der Waals surface area contributed by atoms with Crippen LogP contribution in [-0.2, 0) is 41.0 Å². The molecule has 3 atom stereocenters. The summed E-state index contributed by atoms with van der Waals surface area (Å²) in [4.78, 5) is 30.0. The summed E-state index contributed by atoms with van der Waals surface area (Å²) in [5.41, 5.74) is 1.33. The van der Waals surface area contributed by atoms with Crippen molar-refractivity contribution < 1.29 is 27.5 Å². The third kappa shape index (κ3) is 3.85. The van der Waals surface area contributed by atoms with Gasteiger partial charge in [0.25, 0.3) is 0 Å². The molecule has 0 unspecified atom stereocenters. The zero-order valence-corrected chi connectivity index (χ0v) is 24.3. The van der Waals surface area contributed by atoms with E-state index in [4.69, 9.17) is 9.47 Å². The number of aryl methyl sites for hydroxylation is 1. The number of hydrogen-bond donors (Lipinski definition) is 0. The van der Waals surface area contributed by atoms with E-state index >= 15 is 0 Å².